The minimum absolute atomic E-state index is 0.0168. The SMILES string of the molecule is C[C@@H]1CCCC[C@@H]1NC(=O)c1cn(C)c2ccc(S(=O)(=O)N(C)C3CCCCC3)cc2c1=O. The van der Waals surface area contributed by atoms with Gasteiger partial charge in [0.2, 0.25) is 15.5 Å². The van der Waals surface area contributed by atoms with Crippen molar-refractivity contribution in [1.82, 2.24) is 14.2 Å². The molecule has 4 rings (SSSR count). The topological polar surface area (TPSA) is 88.5 Å². The Bertz CT molecular complexity index is 1200. The van der Waals surface area contributed by atoms with Crippen LogP contribution in [0.25, 0.3) is 10.9 Å². The number of fused-ring (bicyclic) bond motifs is 1. The Morgan fingerprint density at radius 2 is 1.73 bits per heavy atom. The number of rotatable bonds is 5. The van der Waals surface area contributed by atoms with E-state index < -0.39 is 15.5 Å². The predicted molar refractivity (Wildman–Crippen MR) is 130 cm³/mol. The summed E-state index contributed by atoms with van der Waals surface area (Å²) in [6.45, 7) is 2.13. The number of aromatic nitrogens is 1. The number of carbonyl (C=O) groups excluding carboxylic acids is 1. The van der Waals surface area contributed by atoms with Gasteiger partial charge in [-0.15, -0.1) is 0 Å². The summed E-state index contributed by atoms with van der Waals surface area (Å²) in [4.78, 5) is 26.4. The smallest absolute Gasteiger partial charge is 0.256 e. The van der Waals surface area contributed by atoms with Crippen LogP contribution in [0.5, 0.6) is 0 Å². The third-order valence-electron chi connectivity index (χ3n) is 7.60. The van der Waals surface area contributed by atoms with Crippen molar-refractivity contribution in [3.63, 3.8) is 0 Å². The van der Waals surface area contributed by atoms with Gasteiger partial charge in [0.15, 0.2) is 0 Å². The molecule has 0 aliphatic heterocycles. The van der Waals surface area contributed by atoms with Crippen LogP contribution in [0.2, 0.25) is 0 Å². The molecule has 1 amide bonds. The molecule has 0 spiro atoms. The van der Waals surface area contributed by atoms with Crippen molar-refractivity contribution in [2.75, 3.05) is 7.05 Å². The molecule has 2 saturated carbocycles. The molecule has 180 valence electrons. The molecule has 0 saturated heterocycles. The van der Waals surface area contributed by atoms with Gasteiger partial charge in [-0.1, -0.05) is 39.0 Å². The Morgan fingerprint density at radius 1 is 1.06 bits per heavy atom. The van der Waals surface area contributed by atoms with E-state index in [1.807, 2.05) is 0 Å². The van der Waals surface area contributed by atoms with Crippen LogP contribution in [0, 0.1) is 5.92 Å². The molecule has 1 aromatic heterocycles. The number of hydrogen-bond donors (Lipinski definition) is 1. The zero-order valence-electron chi connectivity index (χ0n) is 19.8. The molecule has 8 heteroatoms. The van der Waals surface area contributed by atoms with E-state index in [2.05, 4.69) is 12.2 Å². The Morgan fingerprint density at radius 3 is 2.42 bits per heavy atom. The lowest BCUT2D eigenvalue weighted by Gasteiger charge is -2.30. The van der Waals surface area contributed by atoms with E-state index in [1.54, 1.807) is 37.0 Å². The van der Waals surface area contributed by atoms with Gasteiger partial charge in [0.05, 0.1) is 10.4 Å². The second-order valence-electron chi connectivity index (χ2n) is 9.82. The van der Waals surface area contributed by atoms with E-state index in [-0.39, 0.29) is 33.8 Å². The summed E-state index contributed by atoms with van der Waals surface area (Å²) in [6, 6.07) is 4.69. The molecular weight excluding hydrogens is 438 g/mol. The number of nitrogens with zero attached hydrogens (tertiary/aromatic N) is 2. The average Bonchev–Trinajstić information content (AvgIpc) is 2.82. The molecule has 2 aliphatic carbocycles. The number of amides is 1. The summed E-state index contributed by atoms with van der Waals surface area (Å²) in [6.07, 6.45) is 10.7. The highest BCUT2D eigenvalue weighted by Crippen LogP contribution is 2.28. The van der Waals surface area contributed by atoms with Gasteiger partial charge >= 0.3 is 0 Å². The number of benzene rings is 1. The summed E-state index contributed by atoms with van der Waals surface area (Å²) < 4.78 is 29.8. The van der Waals surface area contributed by atoms with E-state index in [9.17, 15) is 18.0 Å². The van der Waals surface area contributed by atoms with E-state index in [4.69, 9.17) is 0 Å². The quantitative estimate of drug-likeness (QED) is 0.715. The first-order chi connectivity index (χ1) is 15.7. The van der Waals surface area contributed by atoms with Crippen LogP contribution in [0.15, 0.2) is 34.1 Å². The molecule has 1 heterocycles. The highest BCUT2D eigenvalue weighted by atomic mass is 32.2. The van der Waals surface area contributed by atoms with Gasteiger partial charge in [-0.2, -0.15) is 4.31 Å². The molecule has 33 heavy (non-hydrogen) atoms. The van der Waals surface area contributed by atoms with Crippen LogP contribution in [-0.2, 0) is 17.1 Å². The van der Waals surface area contributed by atoms with Gasteiger partial charge in [-0.3, -0.25) is 9.59 Å². The summed E-state index contributed by atoms with van der Waals surface area (Å²) in [7, 11) is -0.342. The maximum absolute atomic E-state index is 13.3. The fourth-order valence-electron chi connectivity index (χ4n) is 5.38. The second-order valence-corrected chi connectivity index (χ2v) is 11.8. The molecule has 1 N–H and O–H groups in total. The first-order valence-corrected chi connectivity index (χ1v) is 13.6. The lowest BCUT2D eigenvalue weighted by molar-refractivity contribution is 0.0908. The van der Waals surface area contributed by atoms with Crippen LogP contribution in [0.4, 0.5) is 0 Å². The third-order valence-corrected chi connectivity index (χ3v) is 9.50. The Balaban J connectivity index is 1.69. The van der Waals surface area contributed by atoms with Gasteiger partial charge in [0, 0.05) is 37.8 Å². The van der Waals surface area contributed by atoms with E-state index in [0.29, 0.717) is 11.4 Å². The van der Waals surface area contributed by atoms with E-state index >= 15 is 0 Å². The van der Waals surface area contributed by atoms with Crippen LogP contribution >= 0.6 is 0 Å². The van der Waals surface area contributed by atoms with Crippen molar-refractivity contribution >= 4 is 26.8 Å². The monoisotopic (exact) mass is 473 g/mol. The second kappa shape index (κ2) is 9.58. The molecule has 1 aromatic carbocycles. The highest BCUT2D eigenvalue weighted by Gasteiger charge is 2.30. The van der Waals surface area contributed by atoms with E-state index in [1.165, 1.54) is 10.4 Å². The molecule has 2 aliphatic rings. The van der Waals surface area contributed by atoms with Gasteiger partial charge in [0.25, 0.3) is 5.91 Å². The molecule has 7 nitrogen and oxygen atoms in total. The molecule has 0 radical (unpaired) electrons. The standard InChI is InChI=1S/C25H35N3O4S/c1-17-9-7-8-12-22(17)26-25(30)21-16-27(2)23-14-13-19(15-20(23)24(21)29)33(31,32)28(3)18-10-5-4-6-11-18/h13-18,22H,4-12H2,1-3H3,(H,26,30)/t17-,22+/m1/s1. The number of carbonyl (C=O) groups is 1. The minimum Gasteiger partial charge on any atom is -0.350 e. The van der Waals surface area contributed by atoms with Gasteiger partial charge in [-0.05, 0) is 49.8 Å². The summed E-state index contributed by atoms with van der Waals surface area (Å²) in [5.74, 6) is -0.0112. The highest BCUT2D eigenvalue weighted by molar-refractivity contribution is 7.89. The third kappa shape index (κ3) is 4.73. The normalized spacial score (nSPS) is 22.5. The van der Waals surface area contributed by atoms with Crippen molar-refractivity contribution in [2.24, 2.45) is 13.0 Å². The van der Waals surface area contributed by atoms with Crippen molar-refractivity contribution in [2.45, 2.75) is 81.7 Å². The zero-order valence-corrected chi connectivity index (χ0v) is 20.7. The van der Waals surface area contributed by atoms with Crippen LogP contribution in [-0.4, -0.2) is 42.3 Å². The van der Waals surface area contributed by atoms with Crippen LogP contribution < -0.4 is 10.7 Å². The summed E-state index contributed by atoms with van der Waals surface area (Å²) in [5.41, 5.74) is 0.223. The number of sulfonamides is 1. The van der Waals surface area contributed by atoms with E-state index in [0.717, 1.165) is 57.8 Å². The van der Waals surface area contributed by atoms with Gasteiger partial charge < -0.3 is 9.88 Å². The maximum atomic E-state index is 13.3. The summed E-state index contributed by atoms with van der Waals surface area (Å²) in [5, 5.41) is 3.29. The molecule has 2 atom stereocenters. The van der Waals surface area contributed by atoms with Crippen molar-refractivity contribution < 1.29 is 13.2 Å². The largest absolute Gasteiger partial charge is 0.350 e. The summed E-state index contributed by atoms with van der Waals surface area (Å²) >= 11 is 0. The van der Waals surface area contributed by atoms with Crippen molar-refractivity contribution in [3.05, 3.63) is 40.2 Å². The molecule has 2 fully saturated rings. The first-order valence-electron chi connectivity index (χ1n) is 12.1. The number of nitrogens with one attached hydrogen (secondary N) is 1. The first kappa shape index (κ1) is 24.0. The van der Waals surface area contributed by atoms with Gasteiger partial charge in [-0.25, -0.2) is 8.42 Å². The number of aryl methyl sites for hydroxylation is 1. The minimum atomic E-state index is -3.74. The molecular formula is C25H35N3O4S. The number of pyridine rings is 1. The van der Waals surface area contributed by atoms with Crippen molar-refractivity contribution in [1.29, 1.82) is 0 Å². The van der Waals surface area contributed by atoms with Crippen molar-refractivity contribution in [3.8, 4) is 0 Å². The maximum Gasteiger partial charge on any atom is 0.256 e. The van der Waals surface area contributed by atoms with Crippen LogP contribution in [0.3, 0.4) is 0 Å². The lowest BCUT2D eigenvalue weighted by Crippen LogP contribution is -2.42. The van der Waals surface area contributed by atoms with Gasteiger partial charge in [0.1, 0.15) is 5.56 Å². The Hall–Kier alpha value is -2.19. The van der Waals surface area contributed by atoms with Crippen LogP contribution in [0.1, 0.15) is 75.1 Å². The fraction of sp³-hybridized carbons (Fsp3) is 0.600. The number of hydrogen-bond acceptors (Lipinski definition) is 4. The lowest BCUT2D eigenvalue weighted by atomic mass is 9.86. The fourth-order valence-corrected chi connectivity index (χ4v) is 6.82. The Kier molecular flexibility index (Phi) is 6.96. The molecule has 0 bridgehead atoms. The zero-order chi connectivity index (χ0) is 23.8. The average molecular weight is 474 g/mol. The Labute approximate surface area is 196 Å². The predicted octanol–water partition coefficient (Wildman–Crippen LogP) is 3.80. The molecule has 2 aromatic rings. The molecule has 0 unspecified atom stereocenters.